The van der Waals surface area contributed by atoms with Crippen LogP contribution in [0.15, 0.2) is 24.4 Å². The number of aromatic nitrogens is 1. The Balaban J connectivity index is 2.39. The predicted molar refractivity (Wildman–Crippen MR) is 73.1 cm³/mol. The highest BCUT2D eigenvalue weighted by atomic mass is 16.5. The quantitative estimate of drug-likeness (QED) is 0.668. The summed E-state index contributed by atoms with van der Waals surface area (Å²) in [5.74, 6) is 4.71. The molecule has 5 nitrogen and oxygen atoms in total. The number of esters is 2. The van der Waals surface area contributed by atoms with Gasteiger partial charge in [-0.3, -0.25) is 4.79 Å². The molecule has 0 fully saturated rings. The molecule has 20 heavy (non-hydrogen) atoms. The smallest absolute Gasteiger partial charge is 0.338 e. The Morgan fingerprint density at radius 3 is 2.75 bits per heavy atom. The molecule has 0 amide bonds. The average molecular weight is 271 g/mol. The van der Waals surface area contributed by atoms with Crippen molar-refractivity contribution in [1.82, 2.24) is 4.98 Å². The summed E-state index contributed by atoms with van der Waals surface area (Å²) in [7, 11) is 2.64. The molecule has 0 aliphatic carbocycles. The van der Waals surface area contributed by atoms with E-state index in [0.29, 0.717) is 11.1 Å². The number of aromatic amines is 1. The number of hydrogen-bond acceptors (Lipinski definition) is 4. The Morgan fingerprint density at radius 1 is 1.25 bits per heavy atom. The second-order valence-corrected chi connectivity index (χ2v) is 4.01. The van der Waals surface area contributed by atoms with Crippen LogP contribution in [0.2, 0.25) is 0 Å². The molecular weight excluding hydrogens is 258 g/mol. The molecule has 1 N–H and O–H groups in total. The van der Waals surface area contributed by atoms with Gasteiger partial charge in [0.1, 0.15) is 6.42 Å². The van der Waals surface area contributed by atoms with Gasteiger partial charge in [0, 0.05) is 22.7 Å². The summed E-state index contributed by atoms with van der Waals surface area (Å²) in [6.07, 6.45) is 1.75. The second-order valence-electron chi connectivity index (χ2n) is 4.01. The molecule has 2 rings (SSSR count). The van der Waals surface area contributed by atoms with Crippen molar-refractivity contribution >= 4 is 22.8 Å². The molecule has 1 aromatic carbocycles. The van der Waals surface area contributed by atoms with Crippen LogP contribution in [0, 0.1) is 11.8 Å². The molecule has 0 aliphatic heterocycles. The fraction of sp³-hybridized carbons (Fsp3) is 0.200. The molecule has 1 heterocycles. The van der Waals surface area contributed by atoms with Crippen molar-refractivity contribution in [3.8, 4) is 11.8 Å². The van der Waals surface area contributed by atoms with E-state index in [2.05, 4.69) is 21.6 Å². The normalized spacial score (nSPS) is 9.70. The number of benzene rings is 1. The molecule has 0 saturated heterocycles. The molecule has 0 radical (unpaired) electrons. The van der Waals surface area contributed by atoms with Gasteiger partial charge in [0.15, 0.2) is 0 Å². The minimum atomic E-state index is -0.425. The lowest BCUT2D eigenvalue weighted by atomic mass is 10.1. The number of H-pyrrole nitrogens is 1. The zero-order valence-corrected chi connectivity index (χ0v) is 11.1. The lowest BCUT2D eigenvalue weighted by molar-refractivity contribution is -0.139. The van der Waals surface area contributed by atoms with Crippen molar-refractivity contribution in [3.05, 3.63) is 35.5 Å². The van der Waals surface area contributed by atoms with Crippen LogP contribution >= 0.6 is 0 Å². The van der Waals surface area contributed by atoms with Crippen LogP contribution in [0.5, 0.6) is 0 Å². The van der Waals surface area contributed by atoms with E-state index in [1.54, 1.807) is 18.3 Å². The summed E-state index contributed by atoms with van der Waals surface area (Å²) in [5, 5.41) is 0.773. The number of carbonyl (C=O) groups is 2. The third-order valence-electron chi connectivity index (χ3n) is 2.77. The molecule has 0 atom stereocenters. The van der Waals surface area contributed by atoms with Gasteiger partial charge in [-0.25, -0.2) is 4.79 Å². The SMILES string of the molecule is COC(=O)CC#Cc1cc(C(=O)OC)c2cc[nH]c2c1. The molecule has 0 saturated carbocycles. The Hall–Kier alpha value is -2.74. The Bertz CT molecular complexity index is 718. The van der Waals surface area contributed by atoms with Gasteiger partial charge in [-0.15, -0.1) is 0 Å². The summed E-state index contributed by atoms with van der Waals surface area (Å²) >= 11 is 0. The summed E-state index contributed by atoms with van der Waals surface area (Å²) in [5.41, 5.74) is 1.85. The predicted octanol–water partition coefficient (Wildman–Crippen LogP) is 1.87. The Kier molecular flexibility index (Phi) is 4.06. The molecule has 0 unspecified atom stereocenters. The minimum absolute atomic E-state index is 0.00677. The van der Waals surface area contributed by atoms with E-state index in [9.17, 15) is 9.59 Å². The lowest BCUT2D eigenvalue weighted by Gasteiger charge is -2.02. The molecule has 5 heteroatoms. The minimum Gasteiger partial charge on any atom is -0.468 e. The van der Waals surface area contributed by atoms with Crippen LogP contribution in [0.25, 0.3) is 10.9 Å². The van der Waals surface area contributed by atoms with E-state index < -0.39 is 11.9 Å². The maximum Gasteiger partial charge on any atom is 0.338 e. The van der Waals surface area contributed by atoms with E-state index in [1.807, 2.05) is 6.07 Å². The van der Waals surface area contributed by atoms with Crippen molar-refractivity contribution in [2.45, 2.75) is 6.42 Å². The van der Waals surface area contributed by atoms with Gasteiger partial charge in [0.05, 0.1) is 19.8 Å². The van der Waals surface area contributed by atoms with Crippen molar-refractivity contribution < 1.29 is 19.1 Å². The number of rotatable bonds is 2. The zero-order valence-electron chi connectivity index (χ0n) is 11.1. The first-order chi connectivity index (χ1) is 9.65. The molecule has 0 spiro atoms. The Morgan fingerprint density at radius 2 is 2.05 bits per heavy atom. The lowest BCUT2D eigenvalue weighted by Crippen LogP contribution is -2.02. The highest BCUT2D eigenvalue weighted by molar-refractivity contribution is 6.04. The van der Waals surface area contributed by atoms with Crippen LogP contribution in [-0.2, 0) is 14.3 Å². The maximum absolute atomic E-state index is 11.7. The van der Waals surface area contributed by atoms with E-state index in [-0.39, 0.29) is 6.42 Å². The summed E-state index contributed by atoms with van der Waals surface area (Å²) in [6, 6.07) is 5.26. The number of methoxy groups -OCH3 is 2. The molecule has 0 aliphatic rings. The maximum atomic E-state index is 11.7. The van der Waals surface area contributed by atoms with Crippen molar-refractivity contribution in [3.63, 3.8) is 0 Å². The van der Waals surface area contributed by atoms with Crippen LogP contribution in [0.1, 0.15) is 22.3 Å². The van der Waals surface area contributed by atoms with E-state index in [0.717, 1.165) is 10.9 Å². The third kappa shape index (κ3) is 2.81. The van der Waals surface area contributed by atoms with Crippen LogP contribution < -0.4 is 0 Å². The van der Waals surface area contributed by atoms with Gasteiger partial charge in [-0.2, -0.15) is 0 Å². The largest absolute Gasteiger partial charge is 0.468 e. The number of hydrogen-bond donors (Lipinski definition) is 1. The van der Waals surface area contributed by atoms with Crippen LogP contribution in [-0.4, -0.2) is 31.1 Å². The zero-order chi connectivity index (χ0) is 14.5. The van der Waals surface area contributed by atoms with Gasteiger partial charge >= 0.3 is 11.9 Å². The fourth-order valence-corrected chi connectivity index (χ4v) is 1.81. The van der Waals surface area contributed by atoms with E-state index >= 15 is 0 Å². The average Bonchev–Trinajstić information content (AvgIpc) is 2.93. The second kappa shape index (κ2) is 5.93. The summed E-state index contributed by atoms with van der Waals surface area (Å²) in [6.45, 7) is 0. The van der Waals surface area contributed by atoms with Gasteiger partial charge in [0.2, 0.25) is 0 Å². The van der Waals surface area contributed by atoms with Gasteiger partial charge in [-0.05, 0) is 18.2 Å². The van der Waals surface area contributed by atoms with Crippen molar-refractivity contribution in [2.75, 3.05) is 14.2 Å². The number of fused-ring (bicyclic) bond motifs is 1. The number of nitrogens with one attached hydrogen (secondary N) is 1. The van der Waals surface area contributed by atoms with Gasteiger partial charge in [-0.1, -0.05) is 11.8 Å². The third-order valence-corrected chi connectivity index (χ3v) is 2.77. The molecule has 1 aromatic heterocycles. The first-order valence-corrected chi connectivity index (χ1v) is 5.91. The summed E-state index contributed by atoms with van der Waals surface area (Å²) in [4.78, 5) is 25.8. The topological polar surface area (TPSA) is 68.4 Å². The number of ether oxygens (including phenoxy) is 2. The van der Waals surface area contributed by atoms with E-state index in [1.165, 1.54) is 14.2 Å². The Labute approximate surface area is 115 Å². The van der Waals surface area contributed by atoms with Crippen LogP contribution in [0.3, 0.4) is 0 Å². The molecule has 0 bridgehead atoms. The van der Waals surface area contributed by atoms with E-state index in [4.69, 9.17) is 4.74 Å². The highest BCUT2D eigenvalue weighted by Crippen LogP contribution is 2.20. The highest BCUT2D eigenvalue weighted by Gasteiger charge is 2.12. The van der Waals surface area contributed by atoms with Crippen molar-refractivity contribution in [1.29, 1.82) is 0 Å². The first-order valence-electron chi connectivity index (χ1n) is 5.91. The molecular formula is C15H13NO4. The van der Waals surface area contributed by atoms with Gasteiger partial charge in [0.25, 0.3) is 0 Å². The van der Waals surface area contributed by atoms with Crippen LogP contribution in [0.4, 0.5) is 0 Å². The van der Waals surface area contributed by atoms with Crippen molar-refractivity contribution in [2.24, 2.45) is 0 Å². The molecule has 102 valence electrons. The summed E-state index contributed by atoms with van der Waals surface area (Å²) < 4.78 is 9.26. The molecule has 2 aromatic rings. The van der Waals surface area contributed by atoms with Gasteiger partial charge < -0.3 is 14.5 Å². The fourth-order valence-electron chi connectivity index (χ4n) is 1.81. The standard InChI is InChI=1S/C15H13NO4/c1-19-14(17)5-3-4-10-8-12(15(18)20-2)11-6-7-16-13(11)9-10/h6-9,16H,5H2,1-2H3. The first kappa shape index (κ1) is 13.7. The number of carbonyl (C=O) groups excluding carboxylic acids is 2. The monoisotopic (exact) mass is 271 g/mol.